The molecule has 158 valence electrons. The summed E-state index contributed by atoms with van der Waals surface area (Å²) in [5, 5.41) is 4.11. The van der Waals surface area contributed by atoms with Crippen LogP contribution in [-0.4, -0.2) is 54.2 Å². The Morgan fingerprint density at radius 3 is 2.67 bits per heavy atom. The summed E-state index contributed by atoms with van der Waals surface area (Å²) in [7, 11) is 3.78. The van der Waals surface area contributed by atoms with Crippen molar-refractivity contribution >= 4 is 17.6 Å². The number of ether oxygens (including phenoxy) is 1. The van der Waals surface area contributed by atoms with Gasteiger partial charge in [0.05, 0.1) is 6.54 Å². The average molecular weight is 426 g/mol. The third-order valence-electron chi connectivity index (χ3n) is 4.71. The molecular weight excluding hydrogens is 398 g/mol. The van der Waals surface area contributed by atoms with Gasteiger partial charge < -0.3 is 19.5 Å². The van der Waals surface area contributed by atoms with Crippen molar-refractivity contribution in [2.45, 2.75) is 13.0 Å². The fourth-order valence-electron chi connectivity index (χ4n) is 3.10. The van der Waals surface area contributed by atoms with Gasteiger partial charge in [0.1, 0.15) is 18.2 Å². The molecule has 1 N–H and O–H groups in total. The number of rotatable bonds is 9. The molecule has 0 aliphatic rings. The minimum atomic E-state index is 0.556. The monoisotopic (exact) mass is 425 g/mol. The molecule has 2 aromatic carbocycles. The molecule has 0 spiro atoms. The molecule has 0 bridgehead atoms. The van der Waals surface area contributed by atoms with Crippen LogP contribution in [0.25, 0.3) is 0 Å². The second-order valence-electron chi connectivity index (χ2n) is 6.90. The molecule has 6 nitrogen and oxygen atoms in total. The van der Waals surface area contributed by atoms with Crippen LogP contribution in [0, 0.1) is 0 Å². The van der Waals surface area contributed by atoms with Gasteiger partial charge in [-0.15, -0.1) is 0 Å². The molecule has 0 aliphatic carbocycles. The lowest BCUT2D eigenvalue weighted by Crippen LogP contribution is -2.41. The zero-order valence-electron chi connectivity index (χ0n) is 17.5. The fraction of sp³-hybridized carbons (Fsp3) is 0.304. The molecule has 1 aromatic heterocycles. The summed E-state index contributed by atoms with van der Waals surface area (Å²) >= 11 is 5.90. The Bertz CT molecular complexity index is 924. The van der Waals surface area contributed by atoms with E-state index in [4.69, 9.17) is 16.3 Å². The van der Waals surface area contributed by atoms with Gasteiger partial charge in [0.25, 0.3) is 0 Å². The number of guanidine groups is 1. The highest BCUT2D eigenvalue weighted by molar-refractivity contribution is 6.30. The molecule has 0 saturated carbocycles. The van der Waals surface area contributed by atoms with E-state index in [2.05, 4.69) is 44.1 Å². The highest BCUT2D eigenvalue weighted by atomic mass is 35.5. The van der Waals surface area contributed by atoms with Gasteiger partial charge in [-0.25, -0.2) is 4.98 Å². The summed E-state index contributed by atoms with van der Waals surface area (Å²) in [5.74, 6) is 2.69. The maximum absolute atomic E-state index is 5.90. The zero-order chi connectivity index (χ0) is 21.2. The smallest absolute Gasteiger partial charge is 0.193 e. The first-order valence-electron chi connectivity index (χ1n) is 10.00. The lowest BCUT2D eigenvalue weighted by Gasteiger charge is -2.22. The molecule has 0 unspecified atom stereocenters. The first-order valence-corrected chi connectivity index (χ1v) is 10.4. The Balaban J connectivity index is 1.43. The number of nitrogens with zero attached hydrogens (tertiary/aromatic N) is 4. The number of nitrogens with one attached hydrogen (secondary N) is 1. The van der Waals surface area contributed by atoms with E-state index < -0.39 is 0 Å². The van der Waals surface area contributed by atoms with E-state index in [-0.39, 0.29) is 0 Å². The van der Waals surface area contributed by atoms with E-state index in [1.807, 2.05) is 54.7 Å². The quantitative estimate of drug-likeness (QED) is 0.419. The Kier molecular flexibility index (Phi) is 8.15. The number of benzene rings is 2. The van der Waals surface area contributed by atoms with Gasteiger partial charge >= 0.3 is 0 Å². The van der Waals surface area contributed by atoms with Gasteiger partial charge in [-0.2, -0.15) is 0 Å². The second-order valence-corrected chi connectivity index (χ2v) is 7.34. The third-order valence-corrected chi connectivity index (χ3v) is 4.96. The first-order chi connectivity index (χ1) is 14.7. The van der Waals surface area contributed by atoms with Gasteiger partial charge in [0.2, 0.25) is 0 Å². The van der Waals surface area contributed by atoms with Gasteiger partial charge in [-0.1, -0.05) is 41.9 Å². The summed E-state index contributed by atoms with van der Waals surface area (Å²) in [5.41, 5.74) is 1.26. The van der Waals surface area contributed by atoms with E-state index in [1.54, 1.807) is 7.05 Å². The van der Waals surface area contributed by atoms with Crippen molar-refractivity contribution in [3.8, 4) is 5.75 Å². The Morgan fingerprint density at radius 1 is 1.17 bits per heavy atom. The van der Waals surface area contributed by atoms with E-state index in [0.717, 1.165) is 37.0 Å². The normalized spacial score (nSPS) is 11.4. The van der Waals surface area contributed by atoms with Crippen LogP contribution in [0.1, 0.15) is 11.4 Å². The maximum atomic E-state index is 5.90. The Morgan fingerprint density at radius 2 is 1.93 bits per heavy atom. The number of likely N-dealkylation sites (N-methyl/N-ethyl adjacent to an activating group) is 1. The minimum absolute atomic E-state index is 0.556. The molecule has 0 saturated heterocycles. The highest BCUT2D eigenvalue weighted by Crippen LogP contribution is 2.15. The SMILES string of the molecule is CN=C(NCCc1nccn1Cc1ccccc1)N(C)CCOc1ccc(Cl)cc1. The molecule has 3 aromatic rings. The minimum Gasteiger partial charge on any atom is -0.492 e. The molecular formula is C23H28ClN5O. The zero-order valence-corrected chi connectivity index (χ0v) is 18.2. The molecule has 1 heterocycles. The van der Waals surface area contributed by atoms with Crippen molar-refractivity contribution in [2.24, 2.45) is 4.99 Å². The van der Waals surface area contributed by atoms with Crippen LogP contribution in [0.2, 0.25) is 5.02 Å². The number of aromatic nitrogens is 2. The van der Waals surface area contributed by atoms with Crippen LogP contribution in [0.5, 0.6) is 5.75 Å². The molecule has 3 rings (SSSR count). The van der Waals surface area contributed by atoms with E-state index in [9.17, 15) is 0 Å². The number of hydrogen-bond donors (Lipinski definition) is 1. The third kappa shape index (κ3) is 6.52. The lowest BCUT2D eigenvalue weighted by molar-refractivity contribution is 0.281. The van der Waals surface area contributed by atoms with Crippen LogP contribution in [0.4, 0.5) is 0 Å². The predicted molar refractivity (Wildman–Crippen MR) is 122 cm³/mol. The van der Waals surface area contributed by atoms with Crippen molar-refractivity contribution in [3.05, 3.63) is 83.4 Å². The topological polar surface area (TPSA) is 54.7 Å². The molecule has 30 heavy (non-hydrogen) atoms. The summed E-state index contributed by atoms with van der Waals surface area (Å²) in [4.78, 5) is 10.9. The van der Waals surface area contributed by atoms with Gasteiger partial charge in [-0.05, 0) is 29.8 Å². The van der Waals surface area contributed by atoms with E-state index >= 15 is 0 Å². The Hall–Kier alpha value is -2.99. The number of imidazole rings is 1. The van der Waals surface area contributed by atoms with Crippen LogP contribution < -0.4 is 10.1 Å². The van der Waals surface area contributed by atoms with Crippen LogP contribution >= 0.6 is 11.6 Å². The van der Waals surface area contributed by atoms with Crippen molar-refractivity contribution in [1.29, 1.82) is 0 Å². The number of halogens is 1. The molecule has 0 atom stereocenters. The van der Waals surface area contributed by atoms with E-state index in [1.165, 1.54) is 5.56 Å². The predicted octanol–water partition coefficient (Wildman–Crippen LogP) is 3.71. The van der Waals surface area contributed by atoms with Crippen molar-refractivity contribution in [2.75, 3.05) is 33.8 Å². The largest absolute Gasteiger partial charge is 0.492 e. The van der Waals surface area contributed by atoms with Crippen LogP contribution in [0.15, 0.2) is 72.0 Å². The second kappa shape index (κ2) is 11.3. The summed E-state index contributed by atoms with van der Waals surface area (Å²) in [6.07, 6.45) is 4.69. The average Bonchev–Trinajstić information content (AvgIpc) is 3.20. The standard InChI is InChI=1S/C23H28ClN5O/c1-25-23(28(2)16-17-30-21-10-8-20(24)9-11-21)27-13-12-22-26-14-15-29(22)18-19-6-4-3-5-7-19/h3-11,14-15H,12-13,16-18H2,1-2H3,(H,25,27). The van der Waals surface area contributed by atoms with Gasteiger partial charge in [0, 0.05) is 51.0 Å². The van der Waals surface area contributed by atoms with E-state index in [0.29, 0.717) is 18.2 Å². The summed E-state index contributed by atoms with van der Waals surface area (Å²) in [6, 6.07) is 17.8. The molecule has 7 heteroatoms. The maximum Gasteiger partial charge on any atom is 0.193 e. The summed E-state index contributed by atoms with van der Waals surface area (Å²) < 4.78 is 7.95. The first kappa shape index (κ1) is 21.7. The number of aliphatic imine (C=N–C) groups is 1. The van der Waals surface area contributed by atoms with Crippen molar-refractivity contribution in [1.82, 2.24) is 19.8 Å². The molecule has 0 fully saturated rings. The van der Waals surface area contributed by atoms with Crippen LogP contribution in [0.3, 0.4) is 0 Å². The van der Waals surface area contributed by atoms with Crippen molar-refractivity contribution in [3.63, 3.8) is 0 Å². The number of hydrogen-bond acceptors (Lipinski definition) is 3. The summed E-state index contributed by atoms with van der Waals surface area (Å²) in [6.45, 7) is 2.85. The highest BCUT2D eigenvalue weighted by Gasteiger charge is 2.08. The van der Waals surface area contributed by atoms with Crippen molar-refractivity contribution < 1.29 is 4.74 Å². The van der Waals surface area contributed by atoms with Gasteiger partial charge in [0.15, 0.2) is 5.96 Å². The molecule has 0 amide bonds. The Labute approximate surface area is 183 Å². The fourth-order valence-corrected chi connectivity index (χ4v) is 3.23. The molecule has 0 radical (unpaired) electrons. The lowest BCUT2D eigenvalue weighted by atomic mass is 10.2. The van der Waals surface area contributed by atoms with Gasteiger partial charge in [-0.3, -0.25) is 4.99 Å². The molecule has 0 aliphatic heterocycles. The van der Waals surface area contributed by atoms with Crippen LogP contribution in [-0.2, 0) is 13.0 Å².